The highest BCUT2D eigenvalue weighted by molar-refractivity contribution is 5.58. The maximum Gasteiger partial charge on any atom is 0.165 e. The maximum absolute atomic E-state index is 9.72. The van der Waals surface area contributed by atoms with Gasteiger partial charge in [0.2, 0.25) is 0 Å². The Kier molecular flexibility index (Phi) is 3.93. The highest BCUT2D eigenvalue weighted by Crippen LogP contribution is 2.37. The second-order valence-electron chi connectivity index (χ2n) is 5.74. The average Bonchev–Trinajstić information content (AvgIpc) is 3.09. The zero-order valence-corrected chi connectivity index (χ0v) is 13.8. The van der Waals surface area contributed by atoms with Gasteiger partial charge in [-0.05, 0) is 18.2 Å². The van der Waals surface area contributed by atoms with Gasteiger partial charge in [0.15, 0.2) is 11.5 Å². The van der Waals surface area contributed by atoms with Crippen LogP contribution in [0.4, 0.5) is 0 Å². The fourth-order valence-corrected chi connectivity index (χ4v) is 2.95. The van der Waals surface area contributed by atoms with E-state index in [0.717, 1.165) is 28.5 Å². The summed E-state index contributed by atoms with van der Waals surface area (Å²) in [6, 6.07) is 10.8. The summed E-state index contributed by atoms with van der Waals surface area (Å²) in [5.41, 5.74) is 1.81. The van der Waals surface area contributed by atoms with Crippen molar-refractivity contribution >= 4 is 0 Å². The minimum absolute atomic E-state index is 0.212. The molecule has 6 heteroatoms. The third-order valence-electron chi connectivity index (χ3n) is 4.11. The molecule has 1 aliphatic rings. The van der Waals surface area contributed by atoms with Gasteiger partial charge in [0.1, 0.15) is 30.5 Å². The van der Waals surface area contributed by atoms with E-state index < -0.39 is 0 Å². The summed E-state index contributed by atoms with van der Waals surface area (Å²) < 4.78 is 18.8. The lowest BCUT2D eigenvalue weighted by atomic mass is 10.1. The minimum atomic E-state index is 0.212. The number of imidazole rings is 1. The summed E-state index contributed by atoms with van der Waals surface area (Å²) in [5, 5.41) is 9.72. The van der Waals surface area contributed by atoms with E-state index in [-0.39, 0.29) is 5.75 Å². The molecule has 2 aromatic carbocycles. The van der Waals surface area contributed by atoms with Crippen LogP contribution in [0.15, 0.2) is 48.8 Å². The summed E-state index contributed by atoms with van der Waals surface area (Å²) in [4.78, 5) is 4.42. The van der Waals surface area contributed by atoms with Crippen molar-refractivity contribution in [1.29, 1.82) is 0 Å². The van der Waals surface area contributed by atoms with Gasteiger partial charge in [-0.3, -0.25) is 0 Å². The molecule has 0 atom stereocenters. The SMILES string of the molecule is COc1cc2c(cc1Cn1ccnc1-c1cccc(O)c1)OCCO2. The number of ether oxygens (including phenoxy) is 3. The molecule has 0 saturated carbocycles. The van der Waals surface area contributed by atoms with Crippen molar-refractivity contribution in [2.45, 2.75) is 6.54 Å². The summed E-state index contributed by atoms with van der Waals surface area (Å²) in [6.07, 6.45) is 3.64. The topological polar surface area (TPSA) is 65.7 Å². The van der Waals surface area contributed by atoms with Gasteiger partial charge in [-0.15, -0.1) is 0 Å². The number of nitrogens with zero attached hydrogens (tertiary/aromatic N) is 2. The molecule has 0 aliphatic carbocycles. The lowest BCUT2D eigenvalue weighted by molar-refractivity contribution is 0.170. The van der Waals surface area contributed by atoms with Crippen molar-refractivity contribution in [1.82, 2.24) is 9.55 Å². The third kappa shape index (κ3) is 2.98. The summed E-state index contributed by atoms with van der Waals surface area (Å²) in [7, 11) is 1.64. The summed E-state index contributed by atoms with van der Waals surface area (Å²) in [5.74, 6) is 3.14. The molecule has 0 spiro atoms. The molecule has 1 aliphatic heterocycles. The predicted octanol–water partition coefficient (Wildman–Crippen LogP) is 3.08. The first-order valence-electron chi connectivity index (χ1n) is 8.01. The van der Waals surface area contributed by atoms with Gasteiger partial charge in [0.05, 0.1) is 13.7 Å². The number of aromatic hydroxyl groups is 1. The first-order valence-corrected chi connectivity index (χ1v) is 8.01. The molecule has 0 fully saturated rings. The van der Waals surface area contributed by atoms with E-state index in [4.69, 9.17) is 14.2 Å². The van der Waals surface area contributed by atoms with Crippen LogP contribution in [0.25, 0.3) is 11.4 Å². The molecule has 0 amide bonds. The van der Waals surface area contributed by atoms with Gasteiger partial charge in [0.25, 0.3) is 0 Å². The number of rotatable bonds is 4. The van der Waals surface area contributed by atoms with Crippen LogP contribution in [0.1, 0.15) is 5.56 Å². The van der Waals surface area contributed by atoms with Crippen LogP contribution in [0, 0.1) is 0 Å². The van der Waals surface area contributed by atoms with Crippen molar-refractivity contribution < 1.29 is 19.3 Å². The Labute approximate surface area is 145 Å². The average molecular weight is 338 g/mol. The third-order valence-corrected chi connectivity index (χ3v) is 4.11. The molecule has 4 rings (SSSR count). The Morgan fingerprint density at radius 2 is 1.96 bits per heavy atom. The van der Waals surface area contributed by atoms with Gasteiger partial charge in [-0.25, -0.2) is 4.98 Å². The van der Waals surface area contributed by atoms with Crippen molar-refractivity contribution in [3.63, 3.8) is 0 Å². The summed E-state index contributed by atoms with van der Waals surface area (Å²) in [6.45, 7) is 1.64. The van der Waals surface area contributed by atoms with E-state index in [1.54, 1.807) is 31.5 Å². The molecule has 1 N–H and O–H groups in total. The van der Waals surface area contributed by atoms with Crippen molar-refractivity contribution in [3.8, 4) is 34.4 Å². The molecule has 0 radical (unpaired) electrons. The number of hydrogen-bond acceptors (Lipinski definition) is 5. The van der Waals surface area contributed by atoms with Gasteiger partial charge in [0, 0.05) is 29.6 Å². The van der Waals surface area contributed by atoms with Crippen molar-refractivity contribution in [3.05, 3.63) is 54.4 Å². The standard InChI is InChI=1S/C19H18N2O4/c1-23-16-11-18-17(24-7-8-25-18)10-14(16)12-21-6-5-20-19(21)13-3-2-4-15(22)9-13/h2-6,9-11,22H,7-8,12H2,1H3. The molecule has 0 saturated heterocycles. The Morgan fingerprint density at radius 1 is 1.16 bits per heavy atom. The lowest BCUT2D eigenvalue weighted by Crippen LogP contribution is -2.16. The van der Waals surface area contributed by atoms with Crippen LogP contribution in [-0.4, -0.2) is 35.0 Å². The smallest absolute Gasteiger partial charge is 0.165 e. The van der Waals surface area contributed by atoms with Gasteiger partial charge < -0.3 is 23.9 Å². The van der Waals surface area contributed by atoms with Crippen LogP contribution >= 0.6 is 0 Å². The second kappa shape index (κ2) is 6.39. The molecule has 25 heavy (non-hydrogen) atoms. The molecule has 2 heterocycles. The molecule has 1 aromatic heterocycles. The first-order chi connectivity index (χ1) is 12.2. The fraction of sp³-hybridized carbons (Fsp3) is 0.211. The Balaban J connectivity index is 1.71. The Hall–Kier alpha value is -3.15. The van der Waals surface area contributed by atoms with Crippen molar-refractivity contribution in [2.75, 3.05) is 20.3 Å². The van der Waals surface area contributed by atoms with Crippen LogP contribution in [0.3, 0.4) is 0 Å². The van der Waals surface area contributed by atoms with E-state index >= 15 is 0 Å². The zero-order valence-electron chi connectivity index (χ0n) is 13.8. The van der Waals surface area contributed by atoms with Gasteiger partial charge in [-0.2, -0.15) is 0 Å². The minimum Gasteiger partial charge on any atom is -0.508 e. The molecular formula is C19H18N2O4. The highest BCUT2D eigenvalue weighted by Gasteiger charge is 2.17. The Morgan fingerprint density at radius 3 is 2.72 bits per heavy atom. The van der Waals surface area contributed by atoms with Gasteiger partial charge >= 0.3 is 0 Å². The van der Waals surface area contributed by atoms with Gasteiger partial charge in [-0.1, -0.05) is 12.1 Å². The number of aromatic nitrogens is 2. The molecule has 0 bridgehead atoms. The van der Waals surface area contributed by atoms with Crippen LogP contribution in [-0.2, 0) is 6.54 Å². The normalized spacial score (nSPS) is 12.8. The van der Waals surface area contributed by atoms with E-state index in [2.05, 4.69) is 4.98 Å². The van der Waals surface area contributed by atoms with Crippen molar-refractivity contribution in [2.24, 2.45) is 0 Å². The van der Waals surface area contributed by atoms with E-state index in [1.165, 1.54) is 0 Å². The molecule has 3 aromatic rings. The van der Waals surface area contributed by atoms with E-state index in [0.29, 0.717) is 25.5 Å². The summed E-state index contributed by atoms with van der Waals surface area (Å²) >= 11 is 0. The number of hydrogen-bond donors (Lipinski definition) is 1. The highest BCUT2D eigenvalue weighted by atomic mass is 16.6. The second-order valence-corrected chi connectivity index (χ2v) is 5.74. The number of fused-ring (bicyclic) bond motifs is 1. The molecule has 0 unspecified atom stereocenters. The maximum atomic E-state index is 9.72. The number of phenols is 1. The largest absolute Gasteiger partial charge is 0.508 e. The quantitative estimate of drug-likeness (QED) is 0.792. The number of benzene rings is 2. The van der Waals surface area contributed by atoms with E-state index in [9.17, 15) is 5.11 Å². The molecular weight excluding hydrogens is 320 g/mol. The van der Waals surface area contributed by atoms with E-state index in [1.807, 2.05) is 29.0 Å². The molecule has 6 nitrogen and oxygen atoms in total. The van der Waals surface area contributed by atoms with Crippen LogP contribution < -0.4 is 14.2 Å². The molecule has 128 valence electrons. The first kappa shape index (κ1) is 15.4. The zero-order chi connectivity index (χ0) is 17.2. The Bertz CT molecular complexity index is 904. The lowest BCUT2D eigenvalue weighted by Gasteiger charge is -2.21. The van der Waals surface area contributed by atoms with Crippen LogP contribution in [0.2, 0.25) is 0 Å². The van der Waals surface area contributed by atoms with Crippen LogP contribution in [0.5, 0.6) is 23.0 Å². The number of phenolic OH excluding ortho intramolecular Hbond substituents is 1. The predicted molar refractivity (Wildman–Crippen MR) is 92.4 cm³/mol. The number of methoxy groups -OCH3 is 1. The monoisotopic (exact) mass is 338 g/mol. The fourth-order valence-electron chi connectivity index (χ4n) is 2.95.